The van der Waals surface area contributed by atoms with Crippen molar-refractivity contribution in [1.82, 2.24) is 10.2 Å². The first-order valence-corrected chi connectivity index (χ1v) is 16.9. The second kappa shape index (κ2) is 14.8. The second-order valence-electron chi connectivity index (χ2n) is 12.4. The van der Waals surface area contributed by atoms with Crippen LogP contribution in [0, 0.1) is 6.92 Å². The van der Waals surface area contributed by atoms with E-state index in [2.05, 4.69) is 5.32 Å². The third kappa shape index (κ3) is 9.38. The van der Waals surface area contributed by atoms with Gasteiger partial charge in [0.2, 0.25) is 11.8 Å². The lowest BCUT2D eigenvalue weighted by Crippen LogP contribution is -2.56. The van der Waals surface area contributed by atoms with E-state index in [1.54, 1.807) is 88.4 Å². The van der Waals surface area contributed by atoms with Crippen LogP contribution in [0.4, 0.5) is 18.9 Å². The highest BCUT2D eigenvalue weighted by atomic mass is 35.5. The summed E-state index contributed by atoms with van der Waals surface area (Å²) in [6, 6.07) is 24.1. The van der Waals surface area contributed by atoms with E-state index in [-0.39, 0.29) is 23.5 Å². The fraction of sp³-hybridized carbons (Fsp3) is 0.278. The highest BCUT2D eigenvalue weighted by molar-refractivity contribution is 7.92. The SMILES string of the molecule is Cc1ccc(S(=O)(=O)N(CC(=O)N(Cc2ccccc2Cl)[C@H](Cc2ccccc2)C(=O)NC(C)(C)C)c2cccc(C(F)(F)F)c2)cc1. The largest absolute Gasteiger partial charge is 0.416 e. The molecular formula is C36H37ClF3N3O4S. The fourth-order valence-electron chi connectivity index (χ4n) is 5.02. The highest BCUT2D eigenvalue weighted by Crippen LogP contribution is 2.34. The lowest BCUT2D eigenvalue weighted by atomic mass is 10.0. The van der Waals surface area contributed by atoms with Gasteiger partial charge in [0.25, 0.3) is 10.0 Å². The maximum atomic E-state index is 14.5. The summed E-state index contributed by atoms with van der Waals surface area (Å²) in [6.45, 7) is 6.02. The van der Waals surface area contributed by atoms with E-state index in [9.17, 15) is 31.2 Å². The number of amides is 2. The number of nitrogens with one attached hydrogen (secondary N) is 1. The molecule has 0 heterocycles. The third-order valence-corrected chi connectivity index (χ3v) is 9.57. The van der Waals surface area contributed by atoms with E-state index in [4.69, 9.17) is 11.6 Å². The Bertz CT molecular complexity index is 1840. The van der Waals surface area contributed by atoms with Crippen molar-refractivity contribution in [2.45, 2.75) is 63.3 Å². The number of carbonyl (C=O) groups excluding carboxylic acids is 2. The zero-order valence-electron chi connectivity index (χ0n) is 27.0. The van der Waals surface area contributed by atoms with E-state index < -0.39 is 51.7 Å². The minimum atomic E-state index is -4.78. The molecule has 0 aliphatic carbocycles. The van der Waals surface area contributed by atoms with Crippen molar-refractivity contribution in [3.05, 3.63) is 130 Å². The highest BCUT2D eigenvalue weighted by Gasteiger charge is 2.37. The molecule has 0 fully saturated rings. The van der Waals surface area contributed by atoms with Gasteiger partial charge in [0, 0.05) is 23.5 Å². The van der Waals surface area contributed by atoms with Gasteiger partial charge in [0.15, 0.2) is 0 Å². The van der Waals surface area contributed by atoms with Crippen molar-refractivity contribution in [2.75, 3.05) is 10.8 Å². The summed E-state index contributed by atoms with van der Waals surface area (Å²) < 4.78 is 70.3. The average Bonchev–Trinajstić information content (AvgIpc) is 3.01. The molecule has 0 spiro atoms. The molecule has 48 heavy (non-hydrogen) atoms. The molecule has 4 rings (SSSR count). The lowest BCUT2D eigenvalue weighted by molar-refractivity contribution is -0.140. The Balaban J connectivity index is 1.87. The van der Waals surface area contributed by atoms with Crippen LogP contribution in [0.5, 0.6) is 0 Å². The molecule has 0 aliphatic rings. The van der Waals surface area contributed by atoms with Crippen molar-refractivity contribution in [3.63, 3.8) is 0 Å². The predicted octanol–water partition coefficient (Wildman–Crippen LogP) is 7.42. The second-order valence-corrected chi connectivity index (χ2v) is 14.7. The van der Waals surface area contributed by atoms with E-state index in [1.807, 2.05) is 6.07 Å². The zero-order valence-corrected chi connectivity index (χ0v) is 28.5. The van der Waals surface area contributed by atoms with Gasteiger partial charge in [-0.2, -0.15) is 13.2 Å². The Morgan fingerprint density at radius 3 is 2.08 bits per heavy atom. The first kappa shape index (κ1) is 36.5. The molecule has 0 unspecified atom stereocenters. The van der Waals surface area contributed by atoms with Crippen LogP contribution in [0.15, 0.2) is 108 Å². The molecule has 0 aromatic heterocycles. The molecule has 0 saturated heterocycles. The van der Waals surface area contributed by atoms with Gasteiger partial charge >= 0.3 is 6.18 Å². The summed E-state index contributed by atoms with van der Waals surface area (Å²) in [5.41, 5.74) is -0.169. The topological polar surface area (TPSA) is 86.8 Å². The Labute approximate surface area is 284 Å². The summed E-state index contributed by atoms with van der Waals surface area (Å²) in [5.74, 6) is -1.33. The van der Waals surface area contributed by atoms with Crippen LogP contribution in [-0.2, 0) is 38.8 Å². The molecule has 2 amide bonds. The number of rotatable bonds is 11. The first-order valence-electron chi connectivity index (χ1n) is 15.1. The molecule has 7 nitrogen and oxygen atoms in total. The summed E-state index contributed by atoms with van der Waals surface area (Å²) in [6.07, 6.45) is -4.71. The van der Waals surface area contributed by atoms with Gasteiger partial charge in [-0.05, 0) is 75.2 Å². The van der Waals surface area contributed by atoms with E-state index >= 15 is 0 Å². The molecule has 12 heteroatoms. The Hall–Kier alpha value is -4.35. The number of anilines is 1. The van der Waals surface area contributed by atoms with E-state index in [0.29, 0.717) is 21.0 Å². The molecule has 1 atom stereocenters. The molecule has 0 bridgehead atoms. The number of hydrogen-bond acceptors (Lipinski definition) is 4. The smallest absolute Gasteiger partial charge is 0.350 e. The van der Waals surface area contributed by atoms with Crippen LogP contribution >= 0.6 is 11.6 Å². The minimum Gasteiger partial charge on any atom is -0.350 e. The average molecular weight is 700 g/mol. The van der Waals surface area contributed by atoms with Crippen LogP contribution < -0.4 is 9.62 Å². The third-order valence-electron chi connectivity index (χ3n) is 7.42. The Morgan fingerprint density at radius 2 is 1.48 bits per heavy atom. The van der Waals surface area contributed by atoms with E-state index in [1.165, 1.54) is 23.1 Å². The van der Waals surface area contributed by atoms with Crippen molar-refractivity contribution in [2.24, 2.45) is 0 Å². The quantitative estimate of drug-likeness (QED) is 0.177. The Morgan fingerprint density at radius 1 is 0.854 bits per heavy atom. The molecule has 0 aliphatic heterocycles. The number of hydrogen-bond donors (Lipinski definition) is 1. The van der Waals surface area contributed by atoms with Gasteiger partial charge < -0.3 is 10.2 Å². The van der Waals surface area contributed by atoms with Crippen molar-refractivity contribution < 1.29 is 31.2 Å². The van der Waals surface area contributed by atoms with Gasteiger partial charge in [0.1, 0.15) is 12.6 Å². The van der Waals surface area contributed by atoms with Crippen LogP contribution in [-0.4, -0.2) is 43.3 Å². The Kier molecular flexibility index (Phi) is 11.3. The number of sulfonamides is 1. The summed E-state index contributed by atoms with van der Waals surface area (Å²) in [5, 5.41) is 3.24. The first-order chi connectivity index (χ1) is 22.5. The minimum absolute atomic E-state index is 0.0627. The van der Waals surface area contributed by atoms with Gasteiger partial charge in [-0.15, -0.1) is 0 Å². The zero-order chi connectivity index (χ0) is 35.3. The number of carbonyl (C=O) groups is 2. The van der Waals surface area contributed by atoms with Crippen LogP contribution in [0.3, 0.4) is 0 Å². The molecule has 0 saturated carbocycles. The number of nitrogens with zero attached hydrogens (tertiary/aromatic N) is 2. The maximum absolute atomic E-state index is 14.5. The molecule has 0 radical (unpaired) electrons. The standard InChI is InChI=1S/C36H37ClF3N3O4S/c1-25-17-19-30(20-18-25)48(46,47)43(29-15-10-14-28(22-29)36(38,39)40)24-33(44)42(23-27-13-8-9-16-31(27)37)32(34(45)41-35(2,3)4)21-26-11-6-5-7-12-26/h5-20,22,32H,21,23-24H2,1-4H3,(H,41,45)/t32-/m1/s1. The number of aryl methyl sites for hydroxylation is 1. The normalized spacial score (nSPS) is 12.7. The summed E-state index contributed by atoms with van der Waals surface area (Å²) in [4.78, 5) is 29.5. The molecule has 1 N–H and O–H groups in total. The van der Waals surface area contributed by atoms with Crippen molar-refractivity contribution in [1.29, 1.82) is 0 Å². The number of alkyl halides is 3. The molecule has 254 valence electrons. The van der Waals surface area contributed by atoms with Crippen molar-refractivity contribution in [3.8, 4) is 0 Å². The van der Waals surface area contributed by atoms with Crippen molar-refractivity contribution >= 4 is 39.1 Å². The molecular weight excluding hydrogens is 663 g/mol. The van der Waals surface area contributed by atoms with Gasteiger partial charge in [-0.1, -0.05) is 83.9 Å². The molecule has 4 aromatic rings. The number of halogens is 4. The number of benzene rings is 4. The van der Waals surface area contributed by atoms with E-state index in [0.717, 1.165) is 23.3 Å². The van der Waals surface area contributed by atoms with Gasteiger partial charge in [-0.25, -0.2) is 8.42 Å². The predicted molar refractivity (Wildman–Crippen MR) is 181 cm³/mol. The summed E-state index contributed by atoms with van der Waals surface area (Å²) >= 11 is 6.50. The summed E-state index contributed by atoms with van der Waals surface area (Å²) in [7, 11) is -4.58. The van der Waals surface area contributed by atoms with Gasteiger partial charge in [0.05, 0.1) is 16.1 Å². The lowest BCUT2D eigenvalue weighted by Gasteiger charge is -2.35. The van der Waals surface area contributed by atoms with Crippen LogP contribution in [0.2, 0.25) is 5.02 Å². The monoisotopic (exact) mass is 699 g/mol. The van der Waals surface area contributed by atoms with Gasteiger partial charge in [-0.3, -0.25) is 13.9 Å². The molecule has 4 aromatic carbocycles. The fourth-order valence-corrected chi connectivity index (χ4v) is 6.62. The maximum Gasteiger partial charge on any atom is 0.416 e. The van der Waals surface area contributed by atoms with Crippen LogP contribution in [0.25, 0.3) is 0 Å². The van der Waals surface area contributed by atoms with Crippen LogP contribution in [0.1, 0.15) is 43.0 Å².